The minimum atomic E-state index is 0.594. The van der Waals surface area contributed by atoms with Crippen LogP contribution < -0.4 is 10.1 Å². The Kier molecular flexibility index (Phi) is 4.02. The predicted octanol–water partition coefficient (Wildman–Crippen LogP) is 1.80. The van der Waals surface area contributed by atoms with Crippen molar-refractivity contribution in [1.82, 2.24) is 10.2 Å². The van der Waals surface area contributed by atoms with Crippen molar-refractivity contribution in [2.24, 2.45) is 0 Å². The maximum atomic E-state index is 5.37. The summed E-state index contributed by atoms with van der Waals surface area (Å²) in [4.78, 5) is 2.49. The lowest BCUT2D eigenvalue weighted by Gasteiger charge is -2.31. The zero-order valence-corrected chi connectivity index (χ0v) is 11.0. The summed E-state index contributed by atoms with van der Waals surface area (Å²) in [5.74, 6) is 0.991. The van der Waals surface area contributed by atoms with Crippen molar-refractivity contribution < 1.29 is 4.74 Å². The molecular weight excluding hydrogens is 212 g/mol. The Hall–Kier alpha value is -1.06. The van der Waals surface area contributed by atoms with Crippen LogP contribution in [0.3, 0.4) is 0 Å². The highest BCUT2D eigenvalue weighted by Gasteiger charge is 2.15. The average molecular weight is 234 g/mol. The molecule has 3 heteroatoms. The van der Waals surface area contributed by atoms with Crippen LogP contribution in [0.15, 0.2) is 18.2 Å². The van der Waals surface area contributed by atoms with Gasteiger partial charge in [-0.1, -0.05) is 12.1 Å². The normalized spacial score (nSPS) is 21.5. The summed E-state index contributed by atoms with van der Waals surface area (Å²) in [5.41, 5.74) is 2.53. The van der Waals surface area contributed by atoms with E-state index in [0.29, 0.717) is 6.04 Å². The Morgan fingerprint density at radius 1 is 1.47 bits per heavy atom. The van der Waals surface area contributed by atoms with Crippen LogP contribution in [0.5, 0.6) is 5.75 Å². The van der Waals surface area contributed by atoms with Gasteiger partial charge in [0.15, 0.2) is 0 Å². The van der Waals surface area contributed by atoms with Gasteiger partial charge in [-0.25, -0.2) is 0 Å². The summed E-state index contributed by atoms with van der Waals surface area (Å²) >= 11 is 0. The lowest BCUT2D eigenvalue weighted by atomic mass is 10.1. The lowest BCUT2D eigenvalue weighted by molar-refractivity contribution is 0.199. The molecule has 0 amide bonds. The molecule has 0 aromatic heterocycles. The van der Waals surface area contributed by atoms with E-state index >= 15 is 0 Å². The van der Waals surface area contributed by atoms with Gasteiger partial charge in [-0.3, -0.25) is 4.90 Å². The summed E-state index contributed by atoms with van der Waals surface area (Å²) in [6.07, 6.45) is 0. The Morgan fingerprint density at radius 2 is 2.29 bits per heavy atom. The molecule has 1 fully saturated rings. The van der Waals surface area contributed by atoms with E-state index in [0.717, 1.165) is 31.9 Å². The molecule has 0 aliphatic carbocycles. The van der Waals surface area contributed by atoms with E-state index in [9.17, 15) is 0 Å². The van der Waals surface area contributed by atoms with Gasteiger partial charge in [0.2, 0.25) is 0 Å². The summed E-state index contributed by atoms with van der Waals surface area (Å²) < 4.78 is 5.37. The molecule has 1 aromatic carbocycles. The third-order valence-corrected chi connectivity index (χ3v) is 3.33. The SMILES string of the molecule is COc1cc(CN2CCNC(C)C2)ccc1C. The molecule has 94 valence electrons. The number of methoxy groups -OCH3 is 1. The summed E-state index contributed by atoms with van der Waals surface area (Å²) in [6, 6.07) is 7.09. The van der Waals surface area contributed by atoms with Gasteiger partial charge in [0.25, 0.3) is 0 Å². The van der Waals surface area contributed by atoms with Crippen LogP contribution in [0, 0.1) is 6.92 Å². The number of ether oxygens (including phenoxy) is 1. The van der Waals surface area contributed by atoms with Crippen LogP contribution in [0.25, 0.3) is 0 Å². The first-order valence-corrected chi connectivity index (χ1v) is 6.28. The topological polar surface area (TPSA) is 24.5 Å². The van der Waals surface area contributed by atoms with E-state index in [-0.39, 0.29) is 0 Å². The van der Waals surface area contributed by atoms with Crippen molar-refractivity contribution in [3.05, 3.63) is 29.3 Å². The summed E-state index contributed by atoms with van der Waals surface area (Å²) in [6.45, 7) is 8.67. The van der Waals surface area contributed by atoms with E-state index in [4.69, 9.17) is 4.74 Å². The second kappa shape index (κ2) is 5.52. The van der Waals surface area contributed by atoms with Crippen LogP contribution in [0.1, 0.15) is 18.1 Å². The van der Waals surface area contributed by atoms with Crippen molar-refractivity contribution in [3.8, 4) is 5.75 Å². The van der Waals surface area contributed by atoms with Gasteiger partial charge in [-0.05, 0) is 31.0 Å². The Balaban J connectivity index is 2.02. The van der Waals surface area contributed by atoms with Gasteiger partial charge < -0.3 is 10.1 Å². The highest BCUT2D eigenvalue weighted by molar-refractivity contribution is 5.36. The van der Waals surface area contributed by atoms with Crippen LogP contribution in [-0.2, 0) is 6.54 Å². The van der Waals surface area contributed by atoms with Gasteiger partial charge in [-0.2, -0.15) is 0 Å². The number of aryl methyl sites for hydroxylation is 1. The Labute approximate surface area is 104 Å². The van der Waals surface area contributed by atoms with Gasteiger partial charge in [-0.15, -0.1) is 0 Å². The quantitative estimate of drug-likeness (QED) is 0.863. The maximum absolute atomic E-state index is 5.37. The predicted molar refractivity (Wildman–Crippen MR) is 70.5 cm³/mol. The third kappa shape index (κ3) is 3.20. The number of hydrogen-bond donors (Lipinski definition) is 1. The minimum Gasteiger partial charge on any atom is -0.496 e. The first-order chi connectivity index (χ1) is 8.19. The molecule has 0 bridgehead atoms. The van der Waals surface area contributed by atoms with Crippen molar-refractivity contribution in [2.75, 3.05) is 26.7 Å². The molecule has 1 atom stereocenters. The molecule has 17 heavy (non-hydrogen) atoms. The molecule has 1 heterocycles. The Morgan fingerprint density at radius 3 is 3.00 bits per heavy atom. The van der Waals surface area contributed by atoms with Crippen LogP contribution in [-0.4, -0.2) is 37.7 Å². The molecule has 1 aromatic rings. The second-order valence-electron chi connectivity index (χ2n) is 4.89. The lowest BCUT2D eigenvalue weighted by Crippen LogP contribution is -2.48. The molecule has 0 saturated carbocycles. The molecule has 1 aliphatic rings. The zero-order chi connectivity index (χ0) is 12.3. The largest absolute Gasteiger partial charge is 0.496 e. The number of rotatable bonds is 3. The molecule has 1 saturated heterocycles. The molecule has 1 aliphatic heterocycles. The molecular formula is C14H22N2O. The molecule has 0 radical (unpaired) electrons. The molecule has 3 nitrogen and oxygen atoms in total. The highest BCUT2D eigenvalue weighted by Crippen LogP contribution is 2.20. The number of nitrogens with zero attached hydrogens (tertiary/aromatic N) is 1. The van der Waals surface area contributed by atoms with Gasteiger partial charge in [0.05, 0.1) is 7.11 Å². The number of hydrogen-bond acceptors (Lipinski definition) is 3. The third-order valence-electron chi connectivity index (χ3n) is 3.33. The zero-order valence-electron chi connectivity index (χ0n) is 11.0. The van der Waals surface area contributed by atoms with E-state index in [1.165, 1.54) is 11.1 Å². The second-order valence-corrected chi connectivity index (χ2v) is 4.89. The van der Waals surface area contributed by atoms with Crippen LogP contribution in [0.4, 0.5) is 0 Å². The molecule has 0 spiro atoms. The monoisotopic (exact) mass is 234 g/mol. The first-order valence-electron chi connectivity index (χ1n) is 6.28. The van der Waals surface area contributed by atoms with Crippen molar-refractivity contribution in [3.63, 3.8) is 0 Å². The number of nitrogens with one attached hydrogen (secondary N) is 1. The van der Waals surface area contributed by atoms with Crippen molar-refractivity contribution in [1.29, 1.82) is 0 Å². The standard InChI is InChI=1S/C14H22N2O/c1-11-4-5-13(8-14(11)17-3)10-16-7-6-15-12(2)9-16/h4-5,8,12,15H,6-7,9-10H2,1-3H3. The van der Waals surface area contributed by atoms with E-state index in [1.807, 2.05) is 0 Å². The van der Waals surface area contributed by atoms with Gasteiger partial charge in [0.1, 0.15) is 5.75 Å². The molecule has 2 rings (SSSR count). The average Bonchev–Trinajstić information content (AvgIpc) is 2.32. The van der Waals surface area contributed by atoms with E-state index in [1.54, 1.807) is 7.11 Å². The number of benzene rings is 1. The molecule has 1 N–H and O–H groups in total. The van der Waals surface area contributed by atoms with Crippen molar-refractivity contribution in [2.45, 2.75) is 26.4 Å². The smallest absolute Gasteiger partial charge is 0.122 e. The Bertz CT molecular complexity index is 378. The van der Waals surface area contributed by atoms with E-state index < -0.39 is 0 Å². The minimum absolute atomic E-state index is 0.594. The van der Waals surface area contributed by atoms with Gasteiger partial charge >= 0.3 is 0 Å². The van der Waals surface area contributed by atoms with Gasteiger partial charge in [0, 0.05) is 32.2 Å². The first kappa shape index (κ1) is 12.4. The van der Waals surface area contributed by atoms with Crippen LogP contribution >= 0.6 is 0 Å². The fraction of sp³-hybridized carbons (Fsp3) is 0.571. The van der Waals surface area contributed by atoms with Crippen LogP contribution in [0.2, 0.25) is 0 Å². The fourth-order valence-corrected chi connectivity index (χ4v) is 2.38. The highest BCUT2D eigenvalue weighted by atomic mass is 16.5. The fourth-order valence-electron chi connectivity index (χ4n) is 2.38. The van der Waals surface area contributed by atoms with E-state index in [2.05, 4.69) is 42.3 Å². The number of piperazine rings is 1. The maximum Gasteiger partial charge on any atom is 0.122 e. The summed E-state index contributed by atoms with van der Waals surface area (Å²) in [5, 5.41) is 3.46. The van der Waals surface area contributed by atoms with Crippen molar-refractivity contribution >= 4 is 0 Å². The summed E-state index contributed by atoms with van der Waals surface area (Å²) in [7, 11) is 1.74. The molecule has 1 unspecified atom stereocenters.